The molecule has 0 aliphatic carbocycles. The molecule has 1 heterocycles. The lowest BCUT2D eigenvalue weighted by atomic mass is 10.0. The van der Waals surface area contributed by atoms with E-state index in [4.69, 9.17) is 4.74 Å². The maximum atomic E-state index is 12.2. The van der Waals surface area contributed by atoms with Crippen molar-refractivity contribution in [2.45, 2.75) is 46.3 Å². The molecule has 2 N–H and O–H groups in total. The Morgan fingerprint density at radius 3 is 2.60 bits per heavy atom. The van der Waals surface area contributed by atoms with Crippen LogP contribution in [0.1, 0.15) is 53.7 Å². The first kappa shape index (κ1) is 17.1. The summed E-state index contributed by atoms with van der Waals surface area (Å²) in [6.45, 7) is 7.78. The Labute approximate surface area is 124 Å². The monoisotopic (exact) mass is 300 g/mol. The molecule has 0 spiro atoms. The quantitative estimate of drug-likeness (QED) is 0.810. The molecule has 0 fully saturated rings. The number of methoxy groups -OCH3 is 1. The first-order valence-electron chi connectivity index (χ1n) is 6.80. The summed E-state index contributed by atoms with van der Waals surface area (Å²) in [7, 11) is 1.62. The minimum absolute atomic E-state index is 0.0525. The van der Waals surface area contributed by atoms with E-state index in [1.54, 1.807) is 7.11 Å². The number of hydrogen-bond donors (Lipinski definition) is 2. The van der Waals surface area contributed by atoms with Gasteiger partial charge in [0.15, 0.2) is 0 Å². The summed E-state index contributed by atoms with van der Waals surface area (Å²) < 4.78 is 5.22. The smallest absolute Gasteiger partial charge is 0.263 e. The largest absolute Gasteiger partial charge is 0.394 e. The van der Waals surface area contributed by atoms with Crippen LogP contribution >= 0.6 is 11.3 Å². The number of nitrogens with one attached hydrogen (secondary N) is 1. The molecule has 20 heavy (non-hydrogen) atoms. The van der Waals surface area contributed by atoms with Gasteiger partial charge in [0, 0.05) is 7.11 Å². The Hall–Kier alpha value is -0.980. The van der Waals surface area contributed by atoms with Crippen molar-refractivity contribution in [3.8, 4) is 0 Å². The van der Waals surface area contributed by atoms with Gasteiger partial charge in [-0.25, -0.2) is 4.98 Å². The second-order valence-electron chi connectivity index (χ2n) is 5.33. The van der Waals surface area contributed by atoms with E-state index in [0.29, 0.717) is 16.5 Å². The van der Waals surface area contributed by atoms with Crippen molar-refractivity contribution in [3.63, 3.8) is 0 Å². The Morgan fingerprint density at radius 2 is 2.10 bits per heavy atom. The van der Waals surface area contributed by atoms with Crippen LogP contribution < -0.4 is 5.32 Å². The third kappa shape index (κ3) is 4.54. The number of aliphatic hydroxyl groups excluding tert-OH is 1. The molecule has 2 atom stereocenters. The molecule has 0 saturated heterocycles. The molecule has 2 unspecified atom stereocenters. The van der Waals surface area contributed by atoms with Gasteiger partial charge in [0.1, 0.15) is 16.0 Å². The zero-order valence-corrected chi connectivity index (χ0v) is 13.6. The fourth-order valence-electron chi connectivity index (χ4n) is 1.90. The normalized spacial score (nSPS) is 14.3. The van der Waals surface area contributed by atoms with Crippen molar-refractivity contribution < 1.29 is 14.6 Å². The van der Waals surface area contributed by atoms with Gasteiger partial charge in [-0.2, -0.15) is 0 Å². The molecule has 1 amide bonds. The predicted octanol–water partition coefficient (Wildman–Crippen LogP) is 2.30. The predicted molar refractivity (Wildman–Crippen MR) is 80.1 cm³/mol. The number of nitrogens with zero attached hydrogens (tertiary/aromatic N) is 1. The Bertz CT molecular complexity index is 446. The van der Waals surface area contributed by atoms with Crippen LogP contribution in [0.3, 0.4) is 0 Å². The summed E-state index contributed by atoms with van der Waals surface area (Å²) in [5, 5.41) is 13.0. The zero-order chi connectivity index (χ0) is 15.3. The third-order valence-corrected chi connectivity index (χ3v) is 4.35. The number of amides is 1. The molecule has 0 saturated carbocycles. The number of aromatic nitrogens is 1. The fourth-order valence-corrected chi connectivity index (χ4v) is 2.90. The summed E-state index contributed by atoms with van der Waals surface area (Å²) in [6, 6.07) is -0.215. The van der Waals surface area contributed by atoms with Crippen LogP contribution in [0, 0.1) is 12.8 Å². The fraction of sp³-hybridized carbons (Fsp3) is 0.714. The molecule has 1 aromatic heterocycles. The minimum atomic E-state index is -0.215. The Balaban J connectivity index is 2.79. The second kappa shape index (κ2) is 7.71. The first-order valence-corrected chi connectivity index (χ1v) is 7.62. The van der Waals surface area contributed by atoms with Crippen LogP contribution in [0.4, 0.5) is 0 Å². The first-order chi connectivity index (χ1) is 9.38. The molecular weight excluding hydrogens is 276 g/mol. The second-order valence-corrected chi connectivity index (χ2v) is 6.36. The van der Waals surface area contributed by atoms with E-state index in [1.165, 1.54) is 11.3 Å². The van der Waals surface area contributed by atoms with Gasteiger partial charge in [0.25, 0.3) is 5.91 Å². The lowest BCUT2D eigenvalue weighted by Gasteiger charge is -2.17. The summed E-state index contributed by atoms with van der Waals surface area (Å²) in [5.74, 6) is 0.244. The minimum Gasteiger partial charge on any atom is -0.394 e. The molecule has 1 rings (SSSR count). The molecule has 0 aliphatic rings. The lowest BCUT2D eigenvalue weighted by Crippen LogP contribution is -2.38. The number of hydrogen-bond acceptors (Lipinski definition) is 5. The van der Waals surface area contributed by atoms with Gasteiger partial charge >= 0.3 is 0 Å². The van der Waals surface area contributed by atoms with E-state index in [2.05, 4.69) is 24.1 Å². The average Bonchev–Trinajstić information content (AvgIpc) is 2.78. The molecular formula is C14H24N2O3S. The molecule has 0 radical (unpaired) electrons. The van der Waals surface area contributed by atoms with Crippen LogP contribution in [-0.4, -0.2) is 35.8 Å². The summed E-state index contributed by atoms with van der Waals surface area (Å²) in [4.78, 5) is 17.2. The number of carbonyl (C=O) groups is 1. The third-order valence-electron chi connectivity index (χ3n) is 3.03. The molecule has 1 aromatic rings. The number of aryl methyl sites for hydroxylation is 1. The van der Waals surface area contributed by atoms with E-state index >= 15 is 0 Å². The highest BCUT2D eigenvalue weighted by molar-refractivity contribution is 7.13. The maximum Gasteiger partial charge on any atom is 0.263 e. The number of rotatable bonds is 7. The average molecular weight is 300 g/mol. The Morgan fingerprint density at radius 1 is 1.45 bits per heavy atom. The molecule has 0 aliphatic heterocycles. The highest BCUT2D eigenvalue weighted by atomic mass is 32.1. The molecule has 0 bridgehead atoms. The summed E-state index contributed by atoms with van der Waals surface area (Å²) in [6.07, 6.45) is 0.631. The van der Waals surface area contributed by atoms with E-state index in [0.717, 1.165) is 11.4 Å². The van der Waals surface area contributed by atoms with Crippen LogP contribution in [0.5, 0.6) is 0 Å². The number of thiazole rings is 1. The Kier molecular flexibility index (Phi) is 6.58. The van der Waals surface area contributed by atoms with Crippen LogP contribution in [0.15, 0.2) is 0 Å². The van der Waals surface area contributed by atoms with Gasteiger partial charge in [-0.05, 0) is 26.2 Å². The highest BCUT2D eigenvalue weighted by Crippen LogP contribution is 2.25. The lowest BCUT2D eigenvalue weighted by molar-refractivity contribution is 0.0911. The van der Waals surface area contributed by atoms with Crippen molar-refractivity contribution in [2.75, 3.05) is 13.7 Å². The van der Waals surface area contributed by atoms with Crippen LogP contribution in [-0.2, 0) is 4.74 Å². The molecule has 5 nitrogen and oxygen atoms in total. The van der Waals surface area contributed by atoms with Gasteiger partial charge in [-0.15, -0.1) is 11.3 Å². The summed E-state index contributed by atoms with van der Waals surface area (Å²) in [5.41, 5.74) is 0.702. The van der Waals surface area contributed by atoms with E-state index in [-0.39, 0.29) is 24.7 Å². The van der Waals surface area contributed by atoms with E-state index < -0.39 is 0 Å². The molecule has 6 heteroatoms. The van der Waals surface area contributed by atoms with Crippen molar-refractivity contribution in [3.05, 3.63) is 15.6 Å². The highest BCUT2D eigenvalue weighted by Gasteiger charge is 2.21. The van der Waals surface area contributed by atoms with E-state index in [9.17, 15) is 9.90 Å². The number of ether oxygens (including phenoxy) is 1. The maximum absolute atomic E-state index is 12.2. The van der Waals surface area contributed by atoms with Crippen molar-refractivity contribution in [2.24, 2.45) is 5.92 Å². The zero-order valence-electron chi connectivity index (χ0n) is 12.8. The van der Waals surface area contributed by atoms with Gasteiger partial charge in [0.2, 0.25) is 0 Å². The number of carbonyl (C=O) groups excluding carboxylic acids is 1. The van der Waals surface area contributed by atoms with Crippen molar-refractivity contribution >= 4 is 17.2 Å². The van der Waals surface area contributed by atoms with Gasteiger partial charge in [-0.1, -0.05) is 13.8 Å². The van der Waals surface area contributed by atoms with Crippen molar-refractivity contribution in [1.29, 1.82) is 0 Å². The van der Waals surface area contributed by atoms with E-state index in [1.807, 2.05) is 13.8 Å². The standard InChI is InChI=1S/C14H24N2O3S/c1-8(2)6-11(7-17)16-13(18)12-9(3)15-14(20-12)10(4)19-5/h8,10-11,17H,6-7H2,1-5H3,(H,16,18). The topological polar surface area (TPSA) is 71.5 Å². The molecule has 0 aromatic carbocycles. The van der Waals surface area contributed by atoms with Crippen LogP contribution in [0.25, 0.3) is 0 Å². The van der Waals surface area contributed by atoms with Gasteiger partial charge < -0.3 is 15.2 Å². The SMILES string of the molecule is COC(C)c1nc(C)c(C(=O)NC(CO)CC(C)C)s1. The van der Waals surface area contributed by atoms with Gasteiger partial charge in [-0.3, -0.25) is 4.79 Å². The van der Waals surface area contributed by atoms with Gasteiger partial charge in [0.05, 0.1) is 18.3 Å². The van der Waals surface area contributed by atoms with Crippen LogP contribution in [0.2, 0.25) is 0 Å². The summed E-state index contributed by atoms with van der Waals surface area (Å²) >= 11 is 1.34. The number of aliphatic hydroxyl groups is 1. The molecule has 114 valence electrons. The van der Waals surface area contributed by atoms with Crippen molar-refractivity contribution in [1.82, 2.24) is 10.3 Å².